The number of hydrogen-bond acceptors (Lipinski definition) is 2. The van der Waals surface area contributed by atoms with E-state index in [9.17, 15) is 4.79 Å². The first-order valence-corrected chi connectivity index (χ1v) is 6.12. The zero-order valence-electron chi connectivity index (χ0n) is 9.87. The van der Waals surface area contributed by atoms with Crippen molar-refractivity contribution in [2.24, 2.45) is 0 Å². The Morgan fingerprint density at radius 2 is 2.06 bits per heavy atom. The van der Waals surface area contributed by atoms with Crippen molar-refractivity contribution >= 4 is 29.3 Å². The minimum atomic E-state index is -0.335. The summed E-state index contributed by atoms with van der Waals surface area (Å²) >= 11 is 11.7. The lowest BCUT2D eigenvalue weighted by molar-refractivity contribution is 0.109. The van der Waals surface area contributed by atoms with Crippen LogP contribution in [0.3, 0.4) is 0 Å². The summed E-state index contributed by atoms with van der Waals surface area (Å²) in [6, 6.07) is 5.29. The zero-order valence-corrected chi connectivity index (χ0v) is 11.4. The van der Waals surface area contributed by atoms with E-state index in [1.165, 1.54) is 4.90 Å². The van der Waals surface area contributed by atoms with E-state index in [2.05, 4.69) is 0 Å². The molecule has 1 aromatic rings. The lowest BCUT2D eigenvalue weighted by Crippen LogP contribution is -2.27. The number of carbonyl (C=O) groups is 1. The lowest BCUT2D eigenvalue weighted by atomic mass is 10.2. The van der Waals surface area contributed by atoms with Gasteiger partial charge in [0.2, 0.25) is 0 Å². The summed E-state index contributed by atoms with van der Waals surface area (Å²) in [6.07, 6.45) is 0.477. The zero-order chi connectivity index (χ0) is 12.8. The van der Waals surface area contributed by atoms with Gasteiger partial charge in [-0.3, -0.25) is 0 Å². The fourth-order valence-electron chi connectivity index (χ4n) is 1.28. The van der Waals surface area contributed by atoms with Crippen molar-refractivity contribution in [3.63, 3.8) is 0 Å². The maximum absolute atomic E-state index is 11.5. The molecule has 0 spiro atoms. The average Bonchev–Trinajstić information content (AvgIpc) is 2.30. The molecule has 0 bridgehead atoms. The molecule has 0 atom stereocenters. The highest BCUT2D eigenvalue weighted by atomic mass is 35.5. The topological polar surface area (TPSA) is 29.5 Å². The molecule has 0 saturated heterocycles. The van der Waals surface area contributed by atoms with Gasteiger partial charge in [0.15, 0.2) is 0 Å². The van der Waals surface area contributed by atoms with Crippen LogP contribution in [-0.2, 0) is 11.3 Å². The summed E-state index contributed by atoms with van der Waals surface area (Å²) in [5, 5.41) is 0.992. The van der Waals surface area contributed by atoms with Crippen LogP contribution in [0.2, 0.25) is 10.0 Å². The summed E-state index contributed by atoms with van der Waals surface area (Å²) in [5.41, 5.74) is 0.912. The van der Waals surface area contributed by atoms with Gasteiger partial charge in [-0.05, 0) is 24.1 Å². The number of rotatable bonds is 4. The van der Waals surface area contributed by atoms with Gasteiger partial charge < -0.3 is 9.64 Å². The van der Waals surface area contributed by atoms with Gasteiger partial charge in [0.05, 0.1) is 16.7 Å². The Labute approximate surface area is 111 Å². The second kappa shape index (κ2) is 6.72. The Kier molecular flexibility index (Phi) is 5.59. The quantitative estimate of drug-likeness (QED) is 0.832. The summed E-state index contributed by atoms with van der Waals surface area (Å²) in [4.78, 5) is 13.0. The maximum Gasteiger partial charge on any atom is 0.409 e. The molecule has 0 aromatic heterocycles. The van der Waals surface area contributed by atoms with E-state index < -0.39 is 0 Å². The molecule has 3 nitrogen and oxygen atoms in total. The van der Waals surface area contributed by atoms with Crippen LogP contribution in [0.1, 0.15) is 18.9 Å². The Hall–Kier alpha value is -0.930. The highest BCUT2D eigenvalue weighted by molar-refractivity contribution is 6.42. The molecule has 0 heterocycles. The van der Waals surface area contributed by atoms with Gasteiger partial charge in [-0.25, -0.2) is 4.79 Å². The molecule has 0 aliphatic carbocycles. The first-order valence-electron chi connectivity index (χ1n) is 5.36. The van der Waals surface area contributed by atoms with E-state index in [-0.39, 0.29) is 6.09 Å². The van der Waals surface area contributed by atoms with Crippen molar-refractivity contribution in [3.8, 4) is 0 Å². The third-order valence-electron chi connectivity index (χ3n) is 2.15. The van der Waals surface area contributed by atoms with E-state index in [1.54, 1.807) is 19.2 Å². The minimum absolute atomic E-state index is 0.335. The van der Waals surface area contributed by atoms with Crippen LogP contribution in [0.15, 0.2) is 18.2 Å². The van der Waals surface area contributed by atoms with Crippen molar-refractivity contribution in [3.05, 3.63) is 33.8 Å². The summed E-state index contributed by atoms with van der Waals surface area (Å²) < 4.78 is 5.01. The molecule has 0 N–H and O–H groups in total. The number of hydrogen-bond donors (Lipinski definition) is 0. The Morgan fingerprint density at radius 3 is 2.65 bits per heavy atom. The normalized spacial score (nSPS) is 10.1. The van der Waals surface area contributed by atoms with Crippen molar-refractivity contribution in [1.82, 2.24) is 4.90 Å². The Morgan fingerprint density at radius 1 is 1.35 bits per heavy atom. The predicted octanol–water partition coefficient (Wildman–Crippen LogP) is 3.97. The third kappa shape index (κ3) is 4.44. The average molecular weight is 276 g/mol. The number of carbonyl (C=O) groups excluding carboxylic acids is 1. The van der Waals surface area contributed by atoms with Crippen LogP contribution in [-0.4, -0.2) is 24.6 Å². The number of ether oxygens (including phenoxy) is 1. The summed E-state index contributed by atoms with van der Waals surface area (Å²) in [5.74, 6) is 0. The molecule has 0 fully saturated rings. The fraction of sp³-hybridized carbons (Fsp3) is 0.417. The van der Waals surface area contributed by atoms with Crippen LogP contribution in [0.5, 0.6) is 0 Å². The van der Waals surface area contributed by atoms with Crippen molar-refractivity contribution in [2.45, 2.75) is 19.9 Å². The second-order valence-electron chi connectivity index (χ2n) is 3.72. The molecule has 5 heteroatoms. The molecule has 0 aliphatic heterocycles. The van der Waals surface area contributed by atoms with E-state index in [0.717, 1.165) is 12.0 Å². The van der Waals surface area contributed by atoms with Crippen LogP contribution in [0.4, 0.5) is 4.79 Å². The van der Waals surface area contributed by atoms with E-state index in [4.69, 9.17) is 27.9 Å². The molecule has 1 rings (SSSR count). The molecule has 94 valence electrons. The third-order valence-corrected chi connectivity index (χ3v) is 2.88. The molecular formula is C12H15Cl2NO2. The molecule has 0 saturated carbocycles. The summed E-state index contributed by atoms with van der Waals surface area (Å²) in [6.45, 7) is 2.83. The maximum atomic E-state index is 11.5. The van der Waals surface area contributed by atoms with Crippen LogP contribution in [0.25, 0.3) is 0 Å². The summed E-state index contributed by atoms with van der Waals surface area (Å²) in [7, 11) is 1.68. The molecule has 1 aromatic carbocycles. The van der Waals surface area contributed by atoms with Gasteiger partial charge in [-0.15, -0.1) is 0 Å². The van der Waals surface area contributed by atoms with E-state index in [1.807, 2.05) is 13.0 Å². The van der Waals surface area contributed by atoms with Gasteiger partial charge in [-0.1, -0.05) is 36.2 Å². The van der Waals surface area contributed by atoms with Gasteiger partial charge in [-0.2, -0.15) is 0 Å². The van der Waals surface area contributed by atoms with Gasteiger partial charge in [0.1, 0.15) is 0 Å². The first kappa shape index (κ1) is 14.1. The van der Waals surface area contributed by atoms with Crippen molar-refractivity contribution in [2.75, 3.05) is 13.7 Å². The minimum Gasteiger partial charge on any atom is -0.449 e. The van der Waals surface area contributed by atoms with E-state index >= 15 is 0 Å². The highest BCUT2D eigenvalue weighted by Crippen LogP contribution is 2.23. The van der Waals surface area contributed by atoms with Crippen molar-refractivity contribution in [1.29, 1.82) is 0 Å². The van der Waals surface area contributed by atoms with Gasteiger partial charge >= 0.3 is 6.09 Å². The number of nitrogens with zero attached hydrogens (tertiary/aromatic N) is 1. The monoisotopic (exact) mass is 275 g/mol. The number of amides is 1. The molecular weight excluding hydrogens is 261 g/mol. The second-order valence-corrected chi connectivity index (χ2v) is 4.53. The van der Waals surface area contributed by atoms with Crippen LogP contribution in [0, 0.1) is 0 Å². The predicted molar refractivity (Wildman–Crippen MR) is 69.6 cm³/mol. The van der Waals surface area contributed by atoms with Crippen molar-refractivity contribution < 1.29 is 9.53 Å². The van der Waals surface area contributed by atoms with Gasteiger partial charge in [0, 0.05) is 13.6 Å². The van der Waals surface area contributed by atoms with Crippen LogP contribution >= 0.6 is 23.2 Å². The lowest BCUT2D eigenvalue weighted by Gasteiger charge is -2.17. The molecule has 1 amide bonds. The number of halogens is 2. The highest BCUT2D eigenvalue weighted by Gasteiger charge is 2.10. The first-order chi connectivity index (χ1) is 8.04. The Bertz CT molecular complexity index is 396. The standard InChI is InChI=1S/C12H15Cl2NO2/c1-3-6-17-12(16)15(2)8-9-4-5-10(13)11(14)7-9/h4-5,7H,3,6,8H2,1-2H3. The number of benzene rings is 1. The molecule has 17 heavy (non-hydrogen) atoms. The largest absolute Gasteiger partial charge is 0.449 e. The Balaban J connectivity index is 2.58. The van der Waals surface area contributed by atoms with Crippen LogP contribution < -0.4 is 0 Å². The smallest absolute Gasteiger partial charge is 0.409 e. The molecule has 0 unspecified atom stereocenters. The van der Waals surface area contributed by atoms with E-state index in [0.29, 0.717) is 23.2 Å². The molecule has 0 radical (unpaired) electrons. The SMILES string of the molecule is CCCOC(=O)N(C)Cc1ccc(Cl)c(Cl)c1. The van der Waals surface area contributed by atoms with Gasteiger partial charge in [0.25, 0.3) is 0 Å². The fourth-order valence-corrected chi connectivity index (χ4v) is 1.60. The molecule has 0 aliphatic rings.